The Labute approximate surface area is 257 Å². The second kappa shape index (κ2) is 31.9. The summed E-state index contributed by atoms with van der Waals surface area (Å²) in [4.78, 5) is 24.2. The van der Waals surface area contributed by atoms with Gasteiger partial charge in [-0.3, -0.25) is 9.59 Å². The molecule has 0 saturated carbocycles. The third kappa shape index (κ3) is 28.8. The molecule has 0 aliphatic rings. The number of primary amides is 2. The van der Waals surface area contributed by atoms with E-state index in [2.05, 4.69) is 13.8 Å². The van der Waals surface area contributed by atoms with Gasteiger partial charge in [-0.25, -0.2) is 0 Å². The van der Waals surface area contributed by atoms with Gasteiger partial charge in [-0.1, -0.05) is 194 Å². The molecular formula is C37H74N2O2. The molecule has 0 radical (unpaired) electrons. The minimum absolute atomic E-state index is 0.212. The molecule has 0 aromatic rings. The van der Waals surface area contributed by atoms with Gasteiger partial charge in [0, 0.05) is 11.8 Å². The molecule has 0 fully saturated rings. The summed E-state index contributed by atoms with van der Waals surface area (Å²) in [7, 11) is 0. The molecule has 0 aliphatic heterocycles. The Morgan fingerprint density at radius 1 is 0.366 bits per heavy atom. The number of hydrogen-bond acceptors (Lipinski definition) is 2. The van der Waals surface area contributed by atoms with Gasteiger partial charge in [0.15, 0.2) is 0 Å². The van der Waals surface area contributed by atoms with Crippen molar-refractivity contribution in [3.05, 3.63) is 0 Å². The van der Waals surface area contributed by atoms with Crippen LogP contribution in [-0.2, 0) is 9.59 Å². The number of nitrogens with two attached hydrogens (primary N) is 2. The molecule has 4 heteroatoms. The molecule has 0 rings (SSSR count). The van der Waals surface area contributed by atoms with Crippen LogP contribution in [0.5, 0.6) is 0 Å². The van der Waals surface area contributed by atoms with Crippen LogP contribution in [-0.4, -0.2) is 11.8 Å². The summed E-state index contributed by atoms with van der Waals surface area (Å²) in [6.45, 7) is 4.55. The van der Waals surface area contributed by atoms with Gasteiger partial charge in [-0.05, 0) is 19.3 Å². The van der Waals surface area contributed by atoms with Crippen molar-refractivity contribution in [3.63, 3.8) is 0 Å². The maximum Gasteiger partial charge on any atom is 0.220 e. The average molecular weight is 579 g/mol. The van der Waals surface area contributed by atoms with E-state index in [-0.39, 0.29) is 23.7 Å². The van der Waals surface area contributed by atoms with E-state index in [4.69, 9.17) is 11.5 Å². The van der Waals surface area contributed by atoms with E-state index in [1.54, 1.807) is 0 Å². The van der Waals surface area contributed by atoms with Crippen molar-refractivity contribution in [2.75, 3.05) is 0 Å². The molecule has 244 valence electrons. The minimum atomic E-state index is -0.257. The highest BCUT2D eigenvalue weighted by atomic mass is 16.1. The molecule has 0 aromatic carbocycles. The molecule has 0 saturated heterocycles. The predicted molar refractivity (Wildman–Crippen MR) is 180 cm³/mol. The van der Waals surface area contributed by atoms with Gasteiger partial charge in [0.2, 0.25) is 11.8 Å². The smallest absolute Gasteiger partial charge is 0.220 e. The summed E-state index contributed by atoms with van der Waals surface area (Å²) < 4.78 is 0. The molecule has 0 bridgehead atoms. The zero-order valence-corrected chi connectivity index (χ0v) is 28.0. The molecule has 0 aliphatic carbocycles. The first-order chi connectivity index (χ1) is 20.0. The summed E-state index contributed by atoms with van der Waals surface area (Å²) in [6.07, 6.45) is 39.2. The SMILES string of the molecule is CCCCCCCCCCCCCCCCC(CC(CCCCCCCCCCCCCCCC)C(N)=O)C(N)=O. The molecule has 4 N–H and O–H groups in total. The molecular weight excluding hydrogens is 504 g/mol. The molecule has 0 aromatic heterocycles. The summed E-state index contributed by atoms with van der Waals surface area (Å²) in [5.74, 6) is -0.938. The number of rotatable bonds is 34. The van der Waals surface area contributed by atoms with Gasteiger partial charge in [0.25, 0.3) is 0 Å². The van der Waals surface area contributed by atoms with Crippen LogP contribution in [0.3, 0.4) is 0 Å². The summed E-state index contributed by atoms with van der Waals surface area (Å²) in [5, 5.41) is 0. The summed E-state index contributed by atoms with van der Waals surface area (Å²) >= 11 is 0. The highest BCUT2D eigenvalue weighted by molar-refractivity contribution is 5.80. The van der Waals surface area contributed by atoms with Crippen LogP contribution in [0.1, 0.15) is 213 Å². The van der Waals surface area contributed by atoms with Gasteiger partial charge in [-0.15, -0.1) is 0 Å². The Morgan fingerprint density at radius 2 is 0.561 bits per heavy atom. The molecule has 0 spiro atoms. The fraction of sp³-hybridized carbons (Fsp3) is 0.946. The van der Waals surface area contributed by atoms with Crippen molar-refractivity contribution in [1.82, 2.24) is 0 Å². The van der Waals surface area contributed by atoms with Crippen molar-refractivity contribution in [2.24, 2.45) is 23.3 Å². The van der Waals surface area contributed by atoms with Gasteiger partial charge >= 0.3 is 0 Å². The zero-order valence-electron chi connectivity index (χ0n) is 28.0. The van der Waals surface area contributed by atoms with E-state index in [9.17, 15) is 9.59 Å². The highest BCUT2D eigenvalue weighted by Gasteiger charge is 2.24. The normalized spacial score (nSPS) is 12.9. The number of amides is 2. The first-order valence-electron chi connectivity index (χ1n) is 18.6. The monoisotopic (exact) mass is 579 g/mol. The van der Waals surface area contributed by atoms with Gasteiger partial charge in [0.05, 0.1) is 0 Å². The van der Waals surface area contributed by atoms with Crippen molar-refractivity contribution >= 4 is 11.8 Å². The Kier molecular flexibility index (Phi) is 31.0. The van der Waals surface area contributed by atoms with Crippen molar-refractivity contribution in [1.29, 1.82) is 0 Å². The third-order valence-electron chi connectivity index (χ3n) is 9.19. The van der Waals surface area contributed by atoms with Gasteiger partial charge < -0.3 is 11.5 Å². The lowest BCUT2D eigenvalue weighted by Crippen LogP contribution is -2.31. The molecule has 4 nitrogen and oxygen atoms in total. The second-order valence-electron chi connectivity index (χ2n) is 13.2. The van der Waals surface area contributed by atoms with Crippen molar-refractivity contribution in [3.8, 4) is 0 Å². The number of hydrogen-bond donors (Lipinski definition) is 2. The molecule has 2 atom stereocenters. The second-order valence-corrected chi connectivity index (χ2v) is 13.2. The quantitative estimate of drug-likeness (QED) is 0.0744. The van der Waals surface area contributed by atoms with Crippen LogP contribution in [0.15, 0.2) is 0 Å². The lowest BCUT2D eigenvalue weighted by Gasteiger charge is -2.19. The lowest BCUT2D eigenvalue weighted by atomic mass is 9.86. The Balaban J connectivity index is 3.78. The number of carbonyl (C=O) groups is 2. The van der Waals surface area contributed by atoms with Gasteiger partial charge in [0.1, 0.15) is 0 Å². The Hall–Kier alpha value is -1.06. The lowest BCUT2D eigenvalue weighted by molar-refractivity contribution is -0.125. The van der Waals surface area contributed by atoms with E-state index in [0.717, 1.165) is 38.5 Å². The van der Waals surface area contributed by atoms with Crippen LogP contribution in [0.4, 0.5) is 0 Å². The zero-order chi connectivity index (χ0) is 30.2. The van der Waals surface area contributed by atoms with Crippen molar-refractivity contribution < 1.29 is 9.59 Å². The van der Waals surface area contributed by atoms with E-state index in [0.29, 0.717) is 6.42 Å². The largest absolute Gasteiger partial charge is 0.369 e. The topological polar surface area (TPSA) is 86.2 Å². The van der Waals surface area contributed by atoms with Crippen LogP contribution in [0.2, 0.25) is 0 Å². The van der Waals surface area contributed by atoms with E-state index >= 15 is 0 Å². The third-order valence-corrected chi connectivity index (χ3v) is 9.19. The minimum Gasteiger partial charge on any atom is -0.369 e. The fourth-order valence-corrected chi connectivity index (χ4v) is 6.27. The first-order valence-corrected chi connectivity index (χ1v) is 18.6. The van der Waals surface area contributed by atoms with E-state index in [1.807, 2.05) is 0 Å². The number of unbranched alkanes of at least 4 members (excludes halogenated alkanes) is 26. The van der Waals surface area contributed by atoms with Gasteiger partial charge in [-0.2, -0.15) is 0 Å². The standard InChI is InChI=1S/C37H74N2O2/c1-3-5-7-9-11-13-15-17-19-21-23-25-27-29-31-34(36(38)40)33-35(37(39)41)32-30-28-26-24-22-20-18-16-14-12-10-8-6-4-2/h34-35H,3-33H2,1-2H3,(H2,38,40)(H2,39,41). The highest BCUT2D eigenvalue weighted by Crippen LogP contribution is 2.24. The van der Waals surface area contributed by atoms with E-state index < -0.39 is 0 Å². The van der Waals surface area contributed by atoms with Crippen LogP contribution >= 0.6 is 0 Å². The first kappa shape index (κ1) is 39.9. The molecule has 41 heavy (non-hydrogen) atoms. The maximum atomic E-state index is 12.1. The van der Waals surface area contributed by atoms with E-state index in [1.165, 1.54) is 154 Å². The summed E-state index contributed by atoms with van der Waals surface area (Å²) in [5.41, 5.74) is 11.5. The Morgan fingerprint density at radius 3 is 0.756 bits per heavy atom. The molecule has 2 amide bonds. The van der Waals surface area contributed by atoms with Crippen LogP contribution in [0, 0.1) is 11.8 Å². The maximum absolute atomic E-state index is 12.1. The van der Waals surface area contributed by atoms with Crippen molar-refractivity contribution in [2.45, 2.75) is 213 Å². The number of carbonyl (C=O) groups excluding carboxylic acids is 2. The fourth-order valence-electron chi connectivity index (χ4n) is 6.27. The molecule has 0 heterocycles. The van der Waals surface area contributed by atoms with Crippen LogP contribution in [0.25, 0.3) is 0 Å². The molecule has 2 unspecified atom stereocenters. The summed E-state index contributed by atoms with van der Waals surface area (Å²) in [6, 6.07) is 0. The Bertz CT molecular complexity index is 517. The predicted octanol–water partition coefficient (Wildman–Crippen LogP) is 11.3. The van der Waals surface area contributed by atoms with Crippen LogP contribution < -0.4 is 11.5 Å². The average Bonchev–Trinajstić information content (AvgIpc) is 2.95.